The molecule has 0 atom stereocenters. The van der Waals surface area contributed by atoms with E-state index in [4.69, 9.17) is 0 Å². The average Bonchev–Trinajstić information content (AvgIpc) is 2.47. The van der Waals surface area contributed by atoms with Crippen LogP contribution in [-0.4, -0.2) is 10.8 Å². The Bertz CT molecular complexity index is 729. The van der Waals surface area contributed by atoms with Crippen LogP contribution in [0.25, 0.3) is 0 Å². The number of benzene rings is 2. The molecular weight excluding hydrogens is 348 g/mol. The standard InChI is InChI=1S/C16H15BrN2O3/c1-10(2)11-4-3-5-13(8-11)18-16(20)12-6-7-14(17)15(9-12)19(21)22/h3-10H,1-2H3,(H,18,20). The van der Waals surface area contributed by atoms with Crippen LogP contribution < -0.4 is 5.32 Å². The molecule has 6 heteroatoms. The minimum Gasteiger partial charge on any atom is -0.322 e. The maximum atomic E-state index is 12.2. The Morgan fingerprint density at radius 2 is 1.95 bits per heavy atom. The molecule has 0 radical (unpaired) electrons. The summed E-state index contributed by atoms with van der Waals surface area (Å²) < 4.78 is 0.343. The van der Waals surface area contributed by atoms with Gasteiger partial charge in [0.2, 0.25) is 0 Å². The van der Waals surface area contributed by atoms with Crippen LogP contribution in [0.3, 0.4) is 0 Å². The van der Waals surface area contributed by atoms with Gasteiger partial charge in [-0.25, -0.2) is 0 Å². The Hall–Kier alpha value is -2.21. The molecule has 2 aromatic rings. The van der Waals surface area contributed by atoms with Crippen LogP contribution in [0.1, 0.15) is 35.7 Å². The van der Waals surface area contributed by atoms with Crippen LogP contribution in [0.2, 0.25) is 0 Å². The number of anilines is 1. The maximum Gasteiger partial charge on any atom is 0.284 e. The Morgan fingerprint density at radius 3 is 2.59 bits per heavy atom. The van der Waals surface area contributed by atoms with Crippen molar-refractivity contribution in [2.45, 2.75) is 19.8 Å². The maximum absolute atomic E-state index is 12.2. The molecule has 1 amide bonds. The lowest BCUT2D eigenvalue weighted by molar-refractivity contribution is -0.385. The van der Waals surface area contributed by atoms with E-state index in [1.807, 2.05) is 18.2 Å². The lowest BCUT2D eigenvalue weighted by Crippen LogP contribution is -2.12. The van der Waals surface area contributed by atoms with E-state index in [9.17, 15) is 14.9 Å². The SMILES string of the molecule is CC(C)c1cccc(NC(=O)c2ccc(Br)c([N+](=O)[O-])c2)c1. The molecule has 0 aliphatic heterocycles. The molecule has 114 valence electrons. The Labute approximate surface area is 136 Å². The van der Waals surface area contributed by atoms with Crippen molar-refractivity contribution in [1.82, 2.24) is 0 Å². The Balaban J connectivity index is 2.24. The Kier molecular flexibility index (Phi) is 4.92. The zero-order chi connectivity index (χ0) is 16.3. The minimum absolute atomic E-state index is 0.136. The van der Waals surface area contributed by atoms with Gasteiger partial charge in [0.1, 0.15) is 0 Å². The molecular formula is C16H15BrN2O3. The Morgan fingerprint density at radius 1 is 1.23 bits per heavy atom. The summed E-state index contributed by atoms with van der Waals surface area (Å²) in [6.45, 7) is 4.14. The molecule has 0 aliphatic carbocycles. The topological polar surface area (TPSA) is 72.2 Å². The highest BCUT2D eigenvalue weighted by Crippen LogP contribution is 2.26. The lowest BCUT2D eigenvalue weighted by Gasteiger charge is -2.09. The highest BCUT2D eigenvalue weighted by Gasteiger charge is 2.16. The molecule has 0 unspecified atom stereocenters. The number of hydrogen-bond acceptors (Lipinski definition) is 3. The van der Waals surface area contributed by atoms with Crippen molar-refractivity contribution in [2.24, 2.45) is 0 Å². The predicted molar refractivity (Wildman–Crippen MR) is 89.3 cm³/mol. The molecule has 0 aliphatic rings. The number of nitro groups is 1. The number of amides is 1. The van der Waals surface area contributed by atoms with Crippen molar-refractivity contribution in [2.75, 3.05) is 5.32 Å². The van der Waals surface area contributed by atoms with Gasteiger partial charge in [0.25, 0.3) is 11.6 Å². The fraction of sp³-hybridized carbons (Fsp3) is 0.188. The lowest BCUT2D eigenvalue weighted by atomic mass is 10.0. The van der Waals surface area contributed by atoms with E-state index >= 15 is 0 Å². The van der Waals surface area contributed by atoms with Gasteiger partial charge in [-0.15, -0.1) is 0 Å². The van der Waals surface area contributed by atoms with Crippen molar-refractivity contribution in [3.8, 4) is 0 Å². The smallest absolute Gasteiger partial charge is 0.284 e. The second-order valence-corrected chi connectivity index (χ2v) is 6.01. The molecule has 22 heavy (non-hydrogen) atoms. The largest absolute Gasteiger partial charge is 0.322 e. The first-order valence-electron chi connectivity index (χ1n) is 6.73. The van der Waals surface area contributed by atoms with Crippen LogP contribution in [0.15, 0.2) is 46.9 Å². The molecule has 5 nitrogen and oxygen atoms in total. The zero-order valence-electron chi connectivity index (χ0n) is 12.2. The number of nitrogens with zero attached hydrogens (tertiary/aromatic N) is 1. The normalized spacial score (nSPS) is 10.5. The summed E-state index contributed by atoms with van der Waals surface area (Å²) in [7, 11) is 0. The molecule has 0 saturated heterocycles. The van der Waals surface area contributed by atoms with Gasteiger partial charge in [0.15, 0.2) is 0 Å². The number of hydrogen-bond donors (Lipinski definition) is 1. The van der Waals surface area contributed by atoms with Crippen LogP contribution in [0, 0.1) is 10.1 Å². The van der Waals surface area contributed by atoms with Gasteiger partial charge in [-0.05, 0) is 51.7 Å². The van der Waals surface area contributed by atoms with E-state index in [-0.39, 0.29) is 17.2 Å². The number of halogens is 1. The molecule has 0 fully saturated rings. The van der Waals surface area contributed by atoms with Gasteiger partial charge in [-0.1, -0.05) is 26.0 Å². The minimum atomic E-state index is -0.528. The third-order valence-corrected chi connectivity index (χ3v) is 3.89. The molecule has 1 N–H and O–H groups in total. The van der Waals surface area contributed by atoms with Gasteiger partial charge in [-0.3, -0.25) is 14.9 Å². The van der Waals surface area contributed by atoms with Crippen molar-refractivity contribution in [3.63, 3.8) is 0 Å². The highest BCUT2D eigenvalue weighted by atomic mass is 79.9. The first-order chi connectivity index (χ1) is 10.4. The third-order valence-electron chi connectivity index (χ3n) is 3.22. The highest BCUT2D eigenvalue weighted by molar-refractivity contribution is 9.10. The molecule has 0 saturated carbocycles. The predicted octanol–water partition coefficient (Wildman–Crippen LogP) is 4.73. The monoisotopic (exact) mass is 362 g/mol. The number of rotatable bonds is 4. The van der Waals surface area contributed by atoms with Gasteiger partial charge < -0.3 is 5.32 Å². The van der Waals surface area contributed by atoms with Gasteiger partial charge in [0.05, 0.1) is 9.40 Å². The number of nitrogens with one attached hydrogen (secondary N) is 1. The fourth-order valence-electron chi connectivity index (χ4n) is 1.97. The summed E-state index contributed by atoms with van der Waals surface area (Å²) in [5.41, 5.74) is 1.88. The summed E-state index contributed by atoms with van der Waals surface area (Å²) >= 11 is 3.10. The molecule has 0 spiro atoms. The first-order valence-corrected chi connectivity index (χ1v) is 7.53. The molecule has 0 heterocycles. The number of carbonyl (C=O) groups is 1. The van der Waals surface area contributed by atoms with Gasteiger partial charge in [0, 0.05) is 17.3 Å². The molecule has 2 rings (SSSR count). The van der Waals surface area contributed by atoms with Crippen LogP contribution >= 0.6 is 15.9 Å². The van der Waals surface area contributed by atoms with E-state index in [1.165, 1.54) is 12.1 Å². The van der Waals surface area contributed by atoms with Crippen LogP contribution in [-0.2, 0) is 0 Å². The second-order valence-electron chi connectivity index (χ2n) is 5.16. The summed E-state index contributed by atoms with van der Waals surface area (Å²) in [6, 6.07) is 11.8. The van der Waals surface area contributed by atoms with Crippen molar-refractivity contribution in [1.29, 1.82) is 0 Å². The second kappa shape index (κ2) is 6.70. The van der Waals surface area contributed by atoms with Crippen molar-refractivity contribution in [3.05, 3.63) is 68.2 Å². The molecule has 0 bridgehead atoms. The fourth-order valence-corrected chi connectivity index (χ4v) is 2.36. The summed E-state index contributed by atoms with van der Waals surface area (Å²) in [4.78, 5) is 22.6. The number of carbonyl (C=O) groups excluding carboxylic acids is 1. The van der Waals surface area contributed by atoms with Gasteiger partial charge in [-0.2, -0.15) is 0 Å². The van der Waals surface area contributed by atoms with Crippen LogP contribution in [0.4, 0.5) is 11.4 Å². The number of nitro benzene ring substituents is 1. The first kappa shape index (κ1) is 16.2. The van der Waals surface area contributed by atoms with Crippen molar-refractivity contribution >= 4 is 33.2 Å². The van der Waals surface area contributed by atoms with Gasteiger partial charge >= 0.3 is 0 Å². The average molecular weight is 363 g/mol. The van der Waals surface area contributed by atoms with E-state index < -0.39 is 4.92 Å². The van der Waals surface area contributed by atoms with E-state index in [0.29, 0.717) is 16.1 Å². The summed E-state index contributed by atoms with van der Waals surface area (Å²) in [5, 5.41) is 13.7. The van der Waals surface area contributed by atoms with E-state index in [2.05, 4.69) is 35.1 Å². The third kappa shape index (κ3) is 3.71. The van der Waals surface area contributed by atoms with Crippen LogP contribution in [0.5, 0.6) is 0 Å². The quantitative estimate of drug-likeness (QED) is 0.630. The molecule has 2 aromatic carbocycles. The summed E-state index contributed by atoms with van der Waals surface area (Å²) in [6.07, 6.45) is 0. The van der Waals surface area contributed by atoms with E-state index in [1.54, 1.807) is 12.1 Å². The molecule has 0 aromatic heterocycles. The summed E-state index contributed by atoms with van der Waals surface area (Å²) in [5.74, 6) is -0.0258. The van der Waals surface area contributed by atoms with E-state index in [0.717, 1.165) is 5.56 Å². The zero-order valence-corrected chi connectivity index (χ0v) is 13.8. The van der Waals surface area contributed by atoms with Crippen molar-refractivity contribution < 1.29 is 9.72 Å².